The molecule has 0 saturated heterocycles. The van der Waals surface area contributed by atoms with Gasteiger partial charge in [-0.2, -0.15) is 0 Å². The molecule has 1 heterocycles. The Morgan fingerprint density at radius 1 is 1.28 bits per heavy atom. The van der Waals surface area contributed by atoms with Crippen LogP contribution in [0.3, 0.4) is 0 Å². The van der Waals surface area contributed by atoms with E-state index >= 15 is 0 Å². The lowest BCUT2D eigenvalue weighted by atomic mass is 9.90. The number of nitrogens with zero attached hydrogens (tertiary/aromatic N) is 1. The van der Waals surface area contributed by atoms with Crippen molar-refractivity contribution in [3.63, 3.8) is 0 Å². The molecule has 152 valence electrons. The summed E-state index contributed by atoms with van der Waals surface area (Å²) in [5.41, 5.74) is 4.71. The van der Waals surface area contributed by atoms with Crippen LogP contribution in [0.4, 0.5) is 4.39 Å². The van der Waals surface area contributed by atoms with E-state index in [9.17, 15) is 14.3 Å². The predicted molar refractivity (Wildman–Crippen MR) is 113 cm³/mol. The molecule has 0 amide bonds. The Bertz CT molecular complexity index is 1050. The first-order chi connectivity index (χ1) is 13.9. The van der Waals surface area contributed by atoms with Crippen LogP contribution >= 0.6 is 0 Å². The number of fused-ring (bicyclic) bond motifs is 3. The Kier molecular flexibility index (Phi) is 5.41. The molecule has 0 aliphatic heterocycles. The van der Waals surface area contributed by atoms with Crippen LogP contribution < -0.4 is 5.32 Å². The molecule has 2 N–H and O–H groups in total. The Hall–Kier alpha value is -2.66. The van der Waals surface area contributed by atoms with E-state index in [2.05, 4.69) is 23.7 Å². The van der Waals surface area contributed by atoms with Crippen molar-refractivity contribution in [1.29, 1.82) is 0 Å². The van der Waals surface area contributed by atoms with Crippen LogP contribution in [0.5, 0.6) is 0 Å². The third-order valence-electron chi connectivity index (χ3n) is 5.76. The van der Waals surface area contributed by atoms with Crippen LogP contribution in [0.25, 0.3) is 10.9 Å². The summed E-state index contributed by atoms with van der Waals surface area (Å²) in [4.78, 5) is 11.5. The molecule has 4 rings (SSSR count). The van der Waals surface area contributed by atoms with E-state index in [-0.39, 0.29) is 5.82 Å². The molecule has 0 fully saturated rings. The zero-order chi connectivity index (χ0) is 20.5. The maximum absolute atomic E-state index is 13.7. The van der Waals surface area contributed by atoms with Gasteiger partial charge >= 0.3 is 5.97 Å². The average Bonchev–Trinajstić information content (AvgIpc) is 2.99. The van der Waals surface area contributed by atoms with E-state index < -0.39 is 5.97 Å². The quantitative estimate of drug-likeness (QED) is 0.641. The minimum atomic E-state index is -0.913. The molecule has 1 aromatic heterocycles. The van der Waals surface area contributed by atoms with Crippen LogP contribution in [0, 0.1) is 11.7 Å². The Balaban J connectivity index is 1.77. The first-order valence-electron chi connectivity index (χ1n) is 10.3. The lowest BCUT2D eigenvalue weighted by Gasteiger charge is -2.26. The second-order valence-corrected chi connectivity index (χ2v) is 8.42. The van der Waals surface area contributed by atoms with Gasteiger partial charge in [0.2, 0.25) is 0 Å². The highest BCUT2D eigenvalue weighted by molar-refractivity contribution is 5.95. The van der Waals surface area contributed by atoms with Gasteiger partial charge in [0, 0.05) is 29.2 Å². The number of carboxylic acids is 1. The van der Waals surface area contributed by atoms with Crippen LogP contribution in [0.2, 0.25) is 0 Å². The SMILES string of the molecule is CC(C)CNC1CCc2c(c3cc(C(=O)O)ccc3n2Cc2cccc(F)c2)C1. The largest absolute Gasteiger partial charge is 0.478 e. The predicted octanol–water partition coefficient (Wildman–Crippen LogP) is 4.63. The monoisotopic (exact) mass is 394 g/mol. The molecule has 4 nitrogen and oxygen atoms in total. The number of halogens is 1. The second kappa shape index (κ2) is 7.99. The highest BCUT2D eigenvalue weighted by Crippen LogP contribution is 2.34. The summed E-state index contributed by atoms with van der Waals surface area (Å²) in [6.07, 6.45) is 2.86. The van der Waals surface area contributed by atoms with Gasteiger partial charge in [-0.3, -0.25) is 0 Å². The fourth-order valence-electron chi connectivity index (χ4n) is 4.36. The number of rotatable bonds is 6. The van der Waals surface area contributed by atoms with Gasteiger partial charge in [-0.1, -0.05) is 26.0 Å². The molecule has 0 bridgehead atoms. The molecule has 0 saturated carbocycles. The Morgan fingerprint density at radius 3 is 2.83 bits per heavy atom. The van der Waals surface area contributed by atoms with Crippen molar-refractivity contribution in [2.75, 3.05) is 6.54 Å². The second-order valence-electron chi connectivity index (χ2n) is 8.42. The topological polar surface area (TPSA) is 54.3 Å². The molecular formula is C24H27FN2O2. The minimum Gasteiger partial charge on any atom is -0.478 e. The molecular weight excluding hydrogens is 367 g/mol. The number of benzene rings is 2. The van der Waals surface area contributed by atoms with Gasteiger partial charge in [0.1, 0.15) is 5.82 Å². The summed E-state index contributed by atoms with van der Waals surface area (Å²) in [7, 11) is 0. The average molecular weight is 394 g/mol. The molecule has 1 aliphatic carbocycles. The number of nitrogens with one attached hydrogen (secondary N) is 1. The van der Waals surface area contributed by atoms with Crippen molar-refractivity contribution in [3.8, 4) is 0 Å². The van der Waals surface area contributed by atoms with E-state index in [0.29, 0.717) is 24.1 Å². The summed E-state index contributed by atoms with van der Waals surface area (Å²) in [5.74, 6) is -0.563. The third-order valence-corrected chi connectivity index (χ3v) is 5.76. The molecule has 2 aromatic carbocycles. The molecule has 0 radical (unpaired) electrons. The van der Waals surface area contributed by atoms with Gasteiger partial charge in [-0.15, -0.1) is 0 Å². The third kappa shape index (κ3) is 4.06. The van der Waals surface area contributed by atoms with Crippen molar-refractivity contribution in [2.24, 2.45) is 5.92 Å². The molecule has 1 unspecified atom stereocenters. The van der Waals surface area contributed by atoms with E-state index in [0.717, 1.165) is 42.3 Å². The van der Waals surface area contributed by atoms with Crippen LogP contribution in [0.15, 0.2) is 42.5 Å². The van der Waals surface area contributed by atoms with E-state index in [1.54, 1.807) is 24.3 Å². The van der Waals surface area contributed by atoms with Crippen molar-refractivity contribution in [3.05, 3.63) is 70.7 Å². The number of hydrogen-bond acceptors (Lipinski definition) is 2. The van der Waals surface area contributed by atoms with Crippen molar-refractivity contribution in [1.82, 2.24) is 9.88 Å². The fraction of sp³-hybridized carbons (Fsp3) is 0.375. The van der Waals surface area contributed by atoms with Crippen LogP contribution in [-0.4, -0.2) is 28.2 Å². The van der Waals surface area contributed by atoms with E-state index in [1.807, 2.05) is 12.1 Å². The number of aromatic carboxylic acids is 1. The van der Waals surface area contributed by atoms with Gasteiger partial charge < -0.3 is 15.0 Å². The van der Waals surface area contributed by atoms with E-state index in [4.69, 9.17) is 0 Å². The zero-order valence-corrected chi connectivity index (χ0v) is 16.9. The maximum atomic E-state index is 13.7. The van der Waals surface area contributed by atoms with Crippen molar-refractivity contribution in [2.45, 2.75) is 45.7 Å². The van der Waals surface area contributed by atoms with Gasteiger partial charge in [-0.05, 0) is 73.2 Å². The summed E-state index contributed by atoms with van der Waals surface area (Å²) < 4.78 is 15.9. The molecule has 29 heavy (non-hydrogen) atoms. The van der Waals surface area contributed by atoms with Crippen molar-refractivity contribution < 1.29 is 14.3 Å². The number of carboxylic acid groups (broad SMARTS) is 1. The smallest absolute Gasteiger partial charge is 0.335 e. The highest BCUT2D eigenvalue weighted by Gasteiger charge is 2.26. The summed E-state index contributed by atoms with van der Waals surface area (Å²) >= 11 is 0. The fourth-order valence-corrected chi connectivity index (χ4v) is 4.36. The van der Waals surface area contributed by atoms with Gasteiger partial charge in [0.15, 0.2) is 0 Å². The zero-order valence-electron chi connectivity index (χ0n) is 16.9. The molecule has 3 aromatic rings. The van der Waals surface area contributed by atoms with Gasteiger partial charge in [-0.25, -0.2) is 9.18 Å². The lowest BCUT2D eigenvalue weighted by Crippen LogP contribution is -2.36. The van der Waals surface area contributed by atoms with E-state index in [1.165, 1.54) is 17.3 Å². The van der Waals surface area contributed by atoms with Crippen LogP contribution in [-0.2, 0) is 19.4 Å². The first kappa shape index (κ1) is 19.6. The Morgan fingerprint density at radius 2 is 2.10 bits per heavy atom. The summed E-state index contributed by atoms with van der Waals surface area (Å²) in [6.45, 7) is 5.96. The number of hydrogen-bond donors (Lipinski definition) is 2. The standard InChI is InChI=1S/C24H27FN2O2/c1-15(2)13-26-19-7-9-23-21(12-19)20-11-17(24(28)29)6-8-22(20)27(23)14-16-4-3-5-18(25)10-16/h3-6,8,10-11,15,19,26H,7,9,12-14H2,1-2H3,(H,28,29). The van der Waals surface area contributed by atoms with Crippen LogP contribution in [0.1, 0.15) is 47.4 Å². The number of aromatic nitrogens is 1. The molecule has 1 aliphatic rings. The normalized spacial score (nSPS) is 16.3. The Labute approximate surface area is 170 Å². The highest BCUT2D eigenvalue weighted by atomic mass is 19.1. The first-order valence-corrected chi connectivity index (χ1v) is 10.3. The summed E-state index contributed by atoms with van der Waals surface area (Å²) in [6, 6.07) is 12.4. The minimum absolute atomic E-state index is 0.237. The molecule has 5 heteroatoms. The molecule has 0 spiro atoms. The van der Waals surface area contributed by atoms with Gasteiger partial charge in [0.25, 0.3) is 0 Å². The lowest BCUT2D eigenvalue weighted by molar-refractivity contribution is 0.0697. The maximum Gasteiger partial charge on any atom is 0.335 e. The van der Waals surface area contributed by atoms with Gasteiger partial charge in [0.05, 0.1) is 5.56 Å². The molecule has 1 atom stereocenters. The van der Waals surface area contributed by atoms with Crippen molar-refractivity contribution >= 4 is 16.9 Å². The number of carbonyl (C=O) groups is 1. The summed E-state index contributed by atoms with van der Waals surface area (Å²) in [5, 5.41) is 14.1.